The van der Waals surface area contributed by atoms with Crippen molar-refractivity contribution in [3.63, 3.8) is 0 Å². The first-order chi connectivity index (χ1) is 6.11. The van der Waals surface area contributed by atoms with Crippen LogP contribution in [-0.4, -0.2) is 35.5 Å². The van der Waals surface area contributed by atoms with Crippen LogP contribution < -0.4 is 0 Å². The van der Waals surface area contributed by atoms with Crippen LogP contribution >= 0.6 is 0 Å². The summed E-state index contributed by atoms with van der Waals surface area (Å²) in [7, 11) is 0. The fourth-order valence-electron chi connectivity index (χ4n) is 0.727. The molecule has 4 nitrogen and oxygen atoms in total. The van der Waals surface area contributed by atoms with Gasteiger partial charge in [-0.15, -0.1) is 0 Å². The highest BCUT2D eigenvalue weighted by Crippen LogP contribution is 2.01. The van der Waals surface area contributed by atoms with Crippen molar-refractivity contribution in [3.05, 3.63) is 11.6 Å². The van der Waals surface area contributed by atoms with Crippen LogP contribution in [0.15, 0.2) is 11.6 Å². The van der Waals surface area contributed by atoms with Crippen LogP contribution in [0.2, 0.25) is 0 Å². The Morgan fingerprint density at radius 1 is 1.62 bits per heavy atom. The zero-order valence-corrected chi connectivity index (χ0v) is 7.99. The van der Waals surface area contributed by atoms with Gasteiger partial charge in [-0.05, 0) is 19.4 Å². The highest BCUT2D eigenvalue weighted by Gasteiger charge is 2.06. The molecule has 0 bridgehead atoms. The van der Waals surface area contributed by atoms with Crippen LogP contribution in [0.3, 0.4) is 0 Å². The molecule has 13 heavy (non-hydrogen) atoms. The summed E-state index contributed by atoms with van der Waals surface area (Å²) in [6.07, 6.45) is 1.39. The maximum Gasteiger partial charge on any atom is 0.333 e. The minimum absolute atomic E-state index is 0.00770. The second-order valence-corrected chi connectivity index (χ2v) is 2.68. The summed E-state index contributed by atoms with van der Waals surface area (Å²) in [6, 6.07) is 0. The number of carbonyl (C=O) groups is 1. The number of hydrogen-bond donors (Lipinski definition) is 2. The van der Waals surface area contributed by atoms with Crippen LogP contribution in [0.5, 0.6) is 0 Å². The number of aliphatic hydroxyl groups is 2. The Labute approximate surface area is 77.8 Å². The fraction of sp³-hybridized carbons (Fsp3) is 0.667. The van der Waals surface area contributed by atoms with Gasteiger partial charge in [0.1, 0.15) is 6.61 Å². The van der Waals surface area contributed by atoms with E-state index in [-0.39, 0.29) is 13.2 Å². The molecular formula is C9H16O4. The average Bonchev–Trinajstić information content (AvgIpc) is 2.13. The highest BCUT2D eigenvalue weighted by molar-refractivity contribution is 5.87. The van der Waals surface area contributed by atoms with Crippen molar-refractivity contribution in [2.45, 2.75) is 26.4 Å². The minimum Gasteiger partial charge on any atom is -0.460 e. The first-order valence-electron chi connectivity index (χ1n) is 4.26. The molecule has 0 spiro atoms. The number of ether oxygens (including phenoxy) is 1. The molecule has 0 amide bonds. The lowest BCUT2D eigenvalue weighted by atomic mass is 10.2. The smallest absolute Gasteiger partial charge is 0.333 e. The Hall–Kier alpha value is -0.870. The lowest BCUT2D eigenvalue weighted by Crippen LogP contribution is -2.11. The maximum atomic E-state index is 11.0. The van der Waals surface area contributed by atoms with E-state index >= 15 is 0 Å². The van der Waals surface area contributed by atoms with Gasteiger partial charge >= 0.3 is 5.97 Å². The topological polar surface area (TPSA) is 66.8 Å². The van der Waals surface area contributed by atoms with E-state index in [1.807, 2.05) is 6.92 Å². The van der Waals surface area contributed by atoms with E-state index in [0.29, 0.717) is 12.0 Å². The minimum atomic E-state index is -0.610. The van der Waals surface area contributed by atoms with Gasteiger partial charge in [0.25, 0.3) is 0 Å². The van der Waals surface area contributed by atoms with Gasteiger partial charge in [-0.1, -0.05) is 6.92 Å². The third-order valence-electron chi connectivity index (χ3n) is 1.51. The largest absolute Gasteiger partial charge is 0.460 e. The molecule has 0 aliphatic carbocycles. The average molecular weight is 188 g/mol. The lowest BCUT2D eigenvalue weighted by molar-refractivity contribution is -0.140. The molecule has 1 atom stereocenters. The van der Waals surface area contributed by atoms with Gasteiger partial charge in [0.05, 0.1) is 12.7 Å². The molecule has 0 aromatic heterocycles. The number of aliphatic hydroxyl groups excluding tert-OH is 2. The zero-order chi connectivity index (χ0) is 10.3. The van der Waals surface area contributed by atoms with E-state index in [0.717, 1.165) is 0 Å². The Kier molecular flexibility index (Phi) is 6.18. The van der Waals surface area contributed by atoms with Crippen molar-refractivity contribution in [2.75, 3.05) is 13.2 Å². The molecular weight excluding hydrogens is 172 g/mol. The van der Waals surface area contributed by atoms with Crippen molar-refractivity contribution in [1.29, 1.82) is 0 Å². The van der Waals surface area contributed by atoms with Crippen molar-refractivity contribution in [1.82, 2.24) is 0 Å². The van der Waals surface area contributed by atoms with Crippen LogP contribution in [-0.2, 0) is 9.53 Å². The van der Waals surface area contributed by atoms with Crippen molar-refractivity contribution < 1.29 is 19.7 Å². The molecule has 0 aromatic carbocycles. The molecule has 0 saturated heterocycles. The molecule has 0 aromatic rings. The Morgan fingerprint density at radius 3 is 2.69 bits per heavy atom. The third kappa shape index (κ3) is 5.38. The van der Waals surface area contributed by atoms with Gasteiger partial charge in [0, 0.05) is 5.57 Å². The Bertz CT molecular complexity index is 186. The molecule has 0 rings (SSSR count). The summed E-state index contributed by atoms with van der Waals surface area (Å²) in [5, 5.41) is 17.5. The van der Waals surface area contributed by atoms with Crippen molar-refractivity contribution in [2.24, 2.45) is 0 Å². The summed E-state index contributed by atoms with van der Waals surface area (Å²) in [5.41, 5.74) is 0.364. The quantitative estimate of drug-likeness (QED) is 0.479. The highest BCUT2D eigenvalue weighted by atomic mass is 16.5. The van der Waals surface area contributed by atoms with E-state index < -0.39 is 12.1 Å². The monoisotopic (exact) mass is 188 g/mol. The van der Waals surface area contributed by atoms with E-state index in [1.165, 1.54) is 6.08 Å². The van der Waals surface area contributed by atoms with Gasteiger partial charge in [0.2, 0.25) is 0 Å². The summed E-state index contributed by atoms with van der Waals surface area (Å²) < 4.78 is 4.63. The molecule has 76 valence electrons. The second-order valence-electron chi connectivity index (χ2n) is 2.68. The molecule has 0 heterocycles. The number of rotatable bonds is 5. The molecule has 0 radical (unpaired) electrons. The summed E-state index contributed by atoms with van der Waals surface area (Å²) in [4.78, 5) is 11.0. The zero-order valence-electron chi connectivity index (χ0n) is 7.99. The molecule has 2 N–H and O–H groups in total. The van der Waals surface area contributed by atoms with Gasteiger partial charge in [0.15, 0.2) is 0 Å². The standard InChI is InChI=1S/C9H16O4/c1-3-8(11)6-7(2)9(12)13-5-4-10/h6,8,10-11H,3-5H2,1-2H3. The lowest BCUT2D eigenvalue weighted by Gasteiger charge is -2.05. The van der Waals surface area contributed by atoms with Gasteiger partial charge in [-0.2, -0.15) is 0 Å². The van der Waals surface area contributed by atoms with E-state index in [4.69, 9.17) is 10.2 Å². The summed E-state index contributed by atoms with van der Waals surface area (Å²) >= 11 is 0. The number of carbonyl (C=O) groups excluding carboxylic acids is 1. The van der Waals surface area contributed by atoms with Crippen LogP contribution in [0.25, 0.3) is 0 Å². The van der Waals surface area contributed by atoms with Crippen molar-refractivity contribution in [3.8, 4) is 0 Å². The molecule has 0 aliphatic rings. The molecule has 0 saturated carbocycles. The Balaban J connectivity index is 4.00. The SMILES string of the molecule is CCC(O)C=C(C)C(=O)OCCO. The predicted molar refractivity (Wildman–Crippen MR) is 48.1 cm³/mol. The molecule has 0 fully saturated rings. The van der Waals surface area contributed by atoms with E-state index in [2.05, 4.69) is 4.74 Å². The van der Waals surface area contributed by atoms with Crippen molar-refractivity contribution >= 4 is 5.97 Å². The van der Waals surface area contributed by atoms with E-state index in [1.54, 1.807) is 6.92 Å². The van der Waals surface area contributed by atoms with Gasteiger partial charge in [-0.3, -0.25) is 0 Å². The second kappa shape index (κ2) is 6.62. The molecule has 4 heteroatoms. The fourth-order valence-corrected chi connectivity index (χ4v) is 0.727. The number of hydrogen-bond acceptors (Lipinski definition) is 4. The third-order valence-corrected chi connectivity index (χ3v) is 1.51. The van der Waals surface area contributed by atoms with Crippen LogP contribution in [0, 0.1) is 0 Å². The first kappa shape index (κ1) is 12.1. The predicted octanol–water partition coefficient (Wildman–Crippen LogP) is 0.239. The number of esters is 1. The van der Waals surface area contributed by atoms with Crippen LogP contribution in [0.1, 0.15) is 20.3 Å². The van der Waals surface area contributed by atoms with E-state index in [9.17, 15) is 4.79 Å². The molecule has 1 unspecified atom stereocenters. The molecule has 0 aliphatic heterocycles. The Morgan fingerprint density at radius 2 is 2.23 bits per heavy atom. The normalized spacial score (nSPS) is 14.0. The maximum absolute atomic E-state index is 11.0. The van der Waals surface area contributed by atoms with Gasteiger partial charge < -0.3 is 14.9 Å². The summed E-state index contributed by atoms with van der Waals surface area (Å²) in [6.45, 7) is 3.19. The summed E-state index contributed by atoms with van der Waals surface area (Å²) in [5.74, 6) is -0.499. The van der Waals surface area contributed by atoms with Crippen LogP contribution in [0.4, 0.5) is 0 Å². The van der Waals surface area contributed by atoms with Gasteiger partial charge in [-0.25, -0.2) is 4.79 Å². The first-order valence-corrected chi connectivity index (χ1v) is 4.26.